The number of fused-ring (bicyclic) bond motifs is 1. The molecule has 0 spiro atoms. The van der Waals surface area contributed by atoms with Crippen molar-refractivity contribution in [1.82, 2.24) is 34.9 Å². The molecule has 2 amide bonds. The molecule has 13 nitrogen and oxygen atoms in total. The highest BCUT2D eigenvalue weighted by molar-refractivity contribution is 5.93. The minimum atomic E-state index is -0.544. The minimum absolute atomic E-state index is 0.00209. The molecule has 0 bridgehead atoms. The zero-order valence-electron chi connectivity index (χ0n) is 35.7. The second kappa shape index (κ2) is 18.8. The molecule has 0 radical (unpaired) electrons. The molecular weight excluding hydrogens is 762 g/mol. The summed E-state index contributed by atoms with van der Waals surface area (Å²) in [5.41, 5.74) is 6.67. The number of rotatable bonds is 13. The first-order chi connectivity index (χ1) is 28.9. The van der Waals surface area contributed by atoms with Crippen molar-refractivity contribution in [2.45, 2.75) is 105 Å². The van der Waals surface area contributed by atoms with E-state index in [1.165, 1.54) is 6.07 Å². The lowest BCUT2D eigenvalue weighted by molar-refractivity contribution is 0.000548. The molecular formula is C46H58FN9O4. The number of ether oxygens (including phenoxy) is 2. The van der Waals surface area contributed by atoms with Gasteiger partial charge in [-0.2, -0.15) is 5.10 Å². The van der Waals surface area contributed by atoms with Crippen molar-refractivity contribution in [1.29, 1.82) is 0 Å². The van der Waals surface area contributed by atoms with E-state index in [4.69, 9.17) is 14.5 Å². The molecule has 7 rings (SSSR count). The summed E-state index contributed by atoms with van der Waals surface area (Å²) in [5, 5.41) is 15.8. The van der Waals surface area contributed by atoms with E-state index in [0.29, 0.717) is 44.1 Å². The van der Waals surface area contributed by atoms with Gasteiger partial charge in [0.1, 0.15) is 22.9 Å². The van der Waals surface area contributed by atoms with Crippen LogP contribution in [-0.2, 0) is 42.1 Å². The largest absolute Gasteiger partial charge is 0.444 e. The van der Waals surface area contributed by atoms with Gasteiger partial charge >= 0.3 is 6.09 Å². The van der Waals surface area contributed by atoms with Crippen LogP contribution in [0.15, 0.2) is 66.9 Å². The van der Waals surface area contributed by atoms with Crippen LogP contribution in [-0.4, -0.2) is 92.1 Å². The summed E-state index contributed by atoms with van der Waals surface area (Å²) in [6.45, 7) is 17.3. The SMILES string of the molecule is CCc1nc2c(cnn2CC)c(NC2CCOCC2)c1CNc1cccc(C(=O)NCc2ccc(F)c(-c3cccc(CN4CCN(C(=O)OC(C)(C)C)[C@@H](C)C4)c3)c2)n1. The number of hydrogen-bond acceptors (Lipinski definition) is 10. The van der Waals surface area contributed by atoms with Crippen LogP contribution in [0.4, 0.5) is 20.7 Å². The van der Waals surface area contributed by atoms with Gasteiger partial charge in [-0.3, -0.25) is 9.69 Å². The summed E-state index contributed by atoms with van der Waals surface area (Å²) in [5.74, 6) is -0.110. The van der Waals surface area contributed by atoms with Crippen molar-refractivity contribution in [3.05, 3.63) is 101 Å². The molecule has 5 aromatic rings. The maximum absolute atomic E-state index is 15.3. The van der Waals surface area contributed by atoms with E-state index in [1.807, 2.05) is 75.0 Å². The van der Waals surface area contributed by atoms with Crippen LogP contribution in [0.3, 0.4) is 0 Å². The standard InChI is InChI=1S/C46H58FN9O4/c1-7-39-36(42(51-34-17-21-59-22-18-34)37-27-50-56(8-2)43(37)53-39)26-48-41-14-10-13-40(52-41)44(57)49-25-31-15-16-38(47)35(24-31)33-12-9-11-32(23-33)29-54-19-20-55(30(3)28-54)45(58)60-46(4,5)6/h9-16,23-24,27,30,34H,7-8,17-22,25-26,28-29H2,1-6H3,(H,48,52)(H,49,57)(H,51,53)/t30-/m0/s1. The predicted octanol–water partition coefficient (Wildman–Crippen LogP) is 7.79. The monoisotopic (exact) mass is 819 g/mol. The molecule has 3 N–H and O–H groups in total. The number of carbonyl (C=O) groups is 2. The molecule has 1 atom stereocenters. The lowest BCUT2D eigenvalue weighted by Gasteiger charge is -2.40. The molecule has 2 aromatic carbocycles. The number of benzene rings is 2. The quantitative estimate of drug-likeness (QED) is 0.108. The van der Waals surface area contributed by atoms with Crippen LogP contribution in [0.25, 0.3) is 22.2 Å². The van der Waals surface area contributed by atoms with Gasteiger partial charge in [-0.25, -0.2) is 23.8 Å². The lowest BCUT2D eigenvalue weighted by Crippen LogP contribution is -2.54. The molecule has 14 heteroatoms. The fourth-order valence-corrected chi connectivity index (χ4v) is 7.98. The number of anilines is 2. The third kappa shape index (κ3) is 10.2. The van der Waals surface area contributed by atoms with Crippen LogP contribution in [0.1, 0.15) is 87.3 Å². The highest BCUT2D eigenvalue weighted by Gasteiger charge is 2.31. The van der Waals surface area contributed by atoms with Crippen LogP contribution >= 0.6 is 0 Å². The van der Waals surface area contributed by atoms with Crippen LogP contribution in [0.2, 0.25) is 0 Å². The first-order valence-electron chi connectivity index (χ1n) is 21.2. The molecule has 0 aliphatic carbocycles. The van der Waals surface area contributed by atoms with E-state index >= 15 is 4.39 Å². The number of pyridine rings is 2. The summed E-state index contributed by atoms with van der Waals surface area (Å²) in [7, 11) is 0. The fourth-order valence-electron chi connectivity index (χ4n) is 7.98. The summed E-state index contributed by atoms with van der Waals surface area (Å²) < 4.78 is 28.5. The second-order valence-corrected chi connectivity index (χ2v) is 16.7. The number of nitrogens with zero attached hydrogens (tertiary/aromatic N) is 6. The van der Waals surface area contributed by atoms with Gasteiger partial charge in [0, 0.05) is 87.9 Å². The Hall–Kier alpha value is -5.60. The maximum Gasteiger partial charge on any atom is 0.410 e. The van der Waals surface area contributed by atoms with Gasteiger partial charge in [-0.1, -0.05) is 37.3 Å². The maximum atomic E-state index is 15.3. The topological polar surface area (TPSA) is 139 Å². The van der Waals surface area contributed by atoms with Gasteiger partial charge in [-0.15, -0.1) is 0 Å². The van der Waals surface area contributed by atoms with E-state index in [1.54, 1.807) is 23.1 Å². The Kier molecular flexibility index (Phi) is 13.3. The van der Waals surface area contributed by atoms with Crippen molar-refractivity contribution >= 4 is 34.5 Å². The van der Waals surface area contributed by atoms with E-state index in [0.717, 1.165) is 83.7 Å². The third-order valence-corrected chi connectivity index (χ3v) is 11.1. The van der Waals surface area contributed by atoms with Crippen molar-refractivity contribution in [3.63, 3.8) is 0 Å². The van der Waals surface area contributed by atoms with Gasteiger partial charge in [0.2, 0.25) is 0 Å². The van der Waals surface area contributed by atoms with E-state index < -0.39 is 5.60 Å². The Morgan fingerprint density at radius 1 is 0.967 bits per heavy atom. The summed E-state index contributed by atoms with van der Waals surface area (Å²) in [6, 6.07) is 18.4. The smallest absolute Gasteiger partial charge is 0.410 e. The van der Waals surface area contributed by atoms with Gasteiger partial charge < -0.3 is 30.3 Å². The third-order valence-electron chi connectivity index (χ3n) is 11.1. The highest BCUT2D eigenvalue weighted by Crippen LogP contribution is 2.32. The number of hydrogen-bond donors (Lipinski definition) is 3. The zero-order chi connectivity index (χ0) is 42.4. The van der Waals surface area contributed by atoms with E-state index in [2.05, 4.69) is 44.8 Å². The summed E-state index contributed by atoms with van der Waals surface area (Å²) in [6.07, 6.45) is 4.18. The number of amides is 2. The first-order valence-corrected chi connectivity index (χ1v) is 21.2. The average molecular weight is 820 g/mol. The van der Waals surface area contributed by atoms with Gasteiger partial charge in [0.05, 0.1) is 17.3 Å². The lowest BCUT2D eigenvalue weighted by atomic mass is 10.00. The molecule has 2 fully saturated rings. The van der Waals surface area contributed by atoms with Gasteiger partial charge in [-0.05, 0) is 101 Å². The van der Waals surface area contributed by atoms with Crippen LogP contribution in [0.5, 0.6) is 0 Å². The Balaban J connectivity index is 0.990. The number of piperazine rings is 1. The molecule has 0 saturated carbocycles. The Bertz CT molecular complexity index is 2300. The molecule has 2 saturated heterocycles. The number of aryl methyl sites for hydroxylation is 2. The zero-order valence-corrected chi connectivity index (χ0v) is 35.7. The normalized spacial score (nSPS) is 16.5. The molecule has 5 heterocycles. The number of nitrogens with one attached hydrogen (secondary N) is 3. The molecule has 318 valence electrons. The van der Waals surface area contributed by atoms with Gasteiger partial charge in [0.15, 0.2) is 5.65 Å². The van der Waals surface area contributed by atoms with E-state index in [9.17, 15) is 9.59 Å². The first kappa shape index (κ1) is 42.5. The molecule has 3 aromatic heterocycles. The fraction of sp³-hybridized carbons (Fsp3) is 0.457. The van der Waals surface area contributed by atoms with Crippen molar-refractivity contribution < 1.29 is 23.5 Å². The Morgan fingerprint density at radius 2 is 1.77 bits per heavy atom. The van der Waals surface area contributed by atoms with Gasteiger partial charge in [0.25, 0.3) is 5.91 Å². The number of aromatic nitrogens is 4. The highest BCUT2D eigenvalue weighted by atomic mass is 19.1. The molecule has 0 unspecified atom stereocenters. The van der Waals surface area contributed by atoms with Crippen molar-refractivity contribution in [2.75, 3.05) is 43.5 Å². The average Bonchev–Trinajstić information content (AvgIpc) is 3.65. The molecule has 2 aliphatic rings. The summed E-state index contributed by atoms with van der Waals surface area (Å²) in [4.78, 5) is 40.0. The molecule has 2 aliphatic heterocycles. The van der Waals surface area contributed by atoms with Crippen molar-refractivity contribution in [2.24, 2.45) is 0 Å². The Labute approximate surface area is 352 Å². The predicted molar refractivity (Wildman–Crippen MR) is 232 cm³/mol. The minimum Gasteiger partial charge on any atom is -0.444 e. The van der Waals surface area contributed by atoms with Crippen LogP contribution in [0, 0.1) is 5.82 Å². The molecule has 60 heavy (non-hydrogen) atoms. The second-order valence-electron chi connectivity index (χ2n) is 16.7. The number of carbonyl (C=O) groups excluding carboxylic acids is 2. The Morgan fingerprint density at radius 3 is 2.52 bits per heavy atom. The van der Waals surface area contributed by atoms with Crippen LogP contribution < -0.4 is 16.0 Å². The number of halogens is 1. The summed E-state index contributed by atoms with van der Waals surface area (Å²) >= 11 is 0. The van der Waals surface area contributed by atoms with E-state index in [-0.39, 0.29) is 42.1 Å². The van der Waals surface area contributed by atoms with Crippen molar-refractivity contribution in [3.8, 4) is 11.1 Å².